The van der Waals surface area contributed by atoms with Gasteiger partial charge in [0.25, 0.3) is 5.91 Å². The number of nitriles is 1. The van der Waals surface area contributed by atoms with Crippen LogP contribution in [-0.4, -0.2) is 33.8 Å². The van der Waals surface area contributed by atoms with Gasteiger partial charge in [-0.3, -0.25) is 4.79 Å². The van der Waals surface area contributed by atoms with Gasteiger partial charge in [-0.1, -0.05) is 41.0 Å². The number of aromatic nitrogens is 2. The van der Waals surface area contributed by atoms with Crippen molar-refractivity contribution in [2.24, 2.45) is 0 Å². The Balaban J connectivity index is 1.80. The molecular weight excluding hydrogens is 456 g/mol. The van der Waals surface area contributed by atoms with Gasteiger partial charge in [-0.25, -0.2) is 9.42 Å². The number of aryl methyl sites for hydroxylation is 1. The fourth-order valence-electron chi connectivity index (χ4n) is 3.52. The molecule has 8 nitrogen and oxygen atoms in total. The summed E-state index contributed by atoms with van der Waals surface area (Å²) >= 11 is 6.03. The zero-order valence-electron chi connectivity index (χ0n) is 19.3. The quantitative estimate of drug-likeness (QED) is 0.475. The summed E-state index contributed by atoms with van der Waals surface area (Å²) in [5, 5.41) is 20.0. The minimum Gasteiger partial charge on any atom is -0.445 e. The van der Waals surface area contributed by atoms with Crippen LogP contribution in [0.15, 0.2) is 53.2 Å². The highest BCUT2D eigenvalue weighted by molar-refractivity contribution is 6.30. The zero-order valence-corrected chi connectivity index (χ0v) is 20.1. The SMILES string of the molecule is Cc1nonc1C(=O)OC(C)(C)C(=O)N[C@@H](C)[C@@H](Cc1ccc(Cl)cc1)c1cccc(C#N)c1. The molecule has 176 valence electrons. The molecule has 0 unspecified atom stereocenters. The number of amides is 1. The highest BCUT2D eigenvalue weighted by atomic mass is 35.5. The van der Waals surface area contributed by atoms with Crippen LogP contribution >= 0.6 is 11.6 Å². The Labute approximate surface area is 202 Å². The van der Waals surface area contributed by atoms with Crippen molar-refractivity contribution in [2.75, 3.05) is 0 Å². The number of carbonyl (C=O) groups is 2. The number of carbonyl (C=O) groups excluding carboxylic acids is 2. The fraction of sp³-hybridized carbons (Fsp3) is 0.320. The van der Waals surface area contributed by atoms with E-state index < -0.39 is 17.5 Å². The molecule has 0 saturated heterocycles. The predicted molar refractivity (Wildman–Crippen MR) is 125 cm³/mol. The van der Waals surface area contributed by atoms with E-state index in [0.717, 1.165) is 11.1 Å². The van der Waals surface area contributed by atoms with Gasteiger partial charge >= 0.3 is 5.97 Å². The monoisotopic (exact) mass is 480 g/mol. The van der Waals surface area contributed by atoms with Crippen LogP contribution < -0.4 is 5.32 Å². The van der Waals surface area contributed by atoms with Crippen molar-refractivity contribution < 1.29 is 19.0 Å². The summed E-state index contributed by atoms with van der Waals surface area (Å²) in [7, 11) is 0. The van der Waals surface area contributed by atoms with Gasteiger partial charge in [-0.2, -0.15) is 5.26 Å². The summed E-state index contributed by atoms with van der Waals surface area (Å²) in [6.07, 6.45) is 0.595. The summed E-state index contributed by atoms with van der Waals surface area (Å²) in [4.78, 5) is 25.5. The third-order valence-electron chi connectivity index (χ3n) is 5.52. The summed E-state index contributed by atoms with van der Waals surface area (Å²) < 4.78 is 9.94. The molecule has 0 aliphatic rings. The van der Waals surface area contributed by atoms with Crippen LogP contribution in [0.5, 0.6) is 0 Å². The van der Waals surface area contributed by atoms with Crippen LogP contribution in [0.2, 0.25) is 5.02 Å². The Morgan fingerprint density at radius 1 is 1.21 bits per heavy atom. The van der Waals surface area contributed by atoms with E-state index in [9.17, 15) is 14.9 Å². The maximum Gasteiger partial charge on any atom is 0.363 e. The lowest BCUT2D eigenvalue weighted by molar-refractivity contribution is -0.138. The number of ether oxygens (including phenoxy) is 1. The lowest BCUT2D eigenvalue weighted by atomic mass is 9.85. The molecule has 0 aliphatic heterocycles. The number of benzene rings is 2. The molecule has 0 spiro atoms. The smallest absolute Gasteiger partial charge is 0.363 e. The van der Waals surface area contributed by atoms with Gasteiger partial charge in [-0.15, -0.1) is 0 Å². The number of hydrogen-bond acceptors (Lipinski definition) is 7. The van der Waals surface area contributed by atoms with Crippen molar-refractivity contribution >= 4 is 23.5 Å². The molecule has 0 fully saturated rings. The van der Waals surface area contributed by atoms with Crippen molar-refractivity contribution in [1.29, 1.82) is 5.26 Å². The summed E-state index contributed by atoms with van der Waals surface area (Å²) in [6, 6.07) is 16.6. The second-order valence-electron chi connectivity index (χ2n) is 8.53. The van der Waals surface area contributed by atoms with E-state index in [1.165, 1.54) is 13.8 Å². The van der Waals surface area contributed by atoms with Crippen LogP contribution in [0.4, 0.5) is 0 Å². The number of nitrogens with one attached hydrogen (secondary N) is 1. The number of hydrogen-bond donors (Lipinski definition) is 1. The standard InChI is InChI=1S/C25H25ClN4O4/c1-15(28-24(32)25(3,4)33-23(31)22-16(2)29-34-30-22)21(13-17-8-10-20(26)11-9-17)19-7-5-6-18(12-19)14-27/h5-12,15,21H,13H2,1-4H3,(H,28,32)/t15-,21+/m0/s1. The normalized spacial score (nSPS) is 12.9. The van der Waals surface area contributed by atoms with E-state index in [4.69, 9.17) is 16.3 Å². The minimum atomic E-state index is -1.48. The highest BCUT2D eigenvalue weighted by Gasteiger charge is 2.36. The van der Waals surface area contributed by atoms with Crippen LogP contribution in [0, 0.1) is 18.3 Å². The lowest BCUT2D eigenvalue weighted by Crippen LogP contribution is -2.50. The molecule has 2 aromatic carbocycles. The first-order valence-electron chi connectivity index (χ1n) is 10.7. The Bertz CT molecular complexity index is 1210. The van der Waals surface area contributed by atoms with Gasteiger partial charge in [-0.05, 0) is 74.7 Å². The minimum absolute atomic E-state index is 0.0807. The number of nitrogens with zero attached hydrogens (tertiary/aromatic N) is 3. The van der Waals surface area contributed by atoms with Crippen molar-refractivity contribution in [1.82, 2.24) is 15.6 Å². The van der Waals surface area contributed by atoms with Gasteiger partial charge in [0.2, 0.25) is 5.69 Å². The number of rotatable bonds is 8. The van der Waals surface area contributed by atoms with Gasteiger partial charge < -0.3 is 10.1 Å². The van der Waals surface area contributed by atoms with Crippen molar-refractivity contribution in [3.63, 3.8) is 0 Å². The van der Waals surface area contributed by atoms with E-state index in [0.29, 0.717) is 17.0 Å². The van der Waals surface area contributed by atoms with Gasteiger partial charge in [0, 0.05) is 17.0 Å². The van der Waals surface area contributed by atoms with E-state index >= 15 is 0 Å². The molecule has 2 atom stereocenters. The molecular formula is C25H25ClN4O4. The molecule has 34 heavy (non-hydrogen) atoms. The van der Waals surface area contributed by atoms with E-state index in [-0.39, 0.29) is 23.3 Å². The second-order valence-corrected chi connectivity index (χ2v) is 8.97. The van der Waals surface area contributed by atoms with Crippen molar-refractivity contribution in [3.8, 4) is 6.07 Å². The van der Waals surface area contributed by atoms with Gasteiger partial charge in [0.1, 0.15) is 5.69 Å². The first-order chi connectivity index (χ1) is 16.1. The Morgan fingerprint density at radius 3 is 2.53 bits per heavy atom. The first-order valence-corrected chi connectivity index (χ1v) is 11.1. The van der Waals surface area contributed by atoms with Crippen molar-refractivity contribution in [3.05, 3.63) is 81.6 Å². The molecule has 9 heteroatoms. The predicted octanol–water partition coefficient (Wildman–Crippen LogP) is 4.37. The molecule has 3 rings (SSSR count). The Morgan fingerprint density at radius 2 is 1.91 bits per heavy atom. The van der Waals surface area contributed by atoms with E-state index in [2.05, 4.69) is 26.3 Å². The summed E-state index contributed by atoms with van der Waals surface area (Å²) in [5.41, 5.74) is 1.18. The molecule has 1 heterocycles. The van der Waals surface area contributed by atoms with E-state index in [1.54, 1.807) is 13.0 Å². The molecule has 0 radical (unpaired) electrons. The van der Waals surface area contributed by atoms with Crippen LogP contribution in [0.25, 0.3) is 0 Å². The molecule has 0 saturated carbocycles. The average Bonchev–Trinajstić information content (AvgIpc) is 3.24. The van der Waals surface area contributed by atoms with Crippen LogP contribution in [-0.2, 0) is 16.0 Å². The second kappa shape index (κ2) is 10.5. The van der Waals surface area contributed by atoms with E-state index in [1.807, 2.05) is 49.4 Å². The molecule has 1 aromatic heterocycles. The number of halogens is 1. The Hall–Kier alpha value is -3.70. The third kappa shape index (κ3) is 6.00. The van der Waals surface area contributed by atoms with Crippen LogP contribution in [0.3, 0.4) is 0 Å². The molecule has 0 bridgehead atoms. The lowest BCUT2D eigenvalue weighted by Gasteiger charge is -2.30. The van der Waals surface area contributed by atoms with Gasteiger partial charge in [0.15, 0.2) is 5.60 Å². The first kappa shape index (κ1) is 24.9. The third-order valence-corrected chi connectivity index (χ3v) is 5.77. The summed E-state index contributed by atoms with van der Waals surface area (Å²) in [6.45, 7) is 6.43. The average molecular weight is 481 g/mol. The Kier molecular flexibility index (Phi) is 7.69. The number of esters is 1. The maximum absolute atomic E-state index is 13.1. The molecule has 3 aromatic rings. The van der Waals surface area contributed by atoms with Gasteiger partial charge in [0.05, 0.1) is 11.6 Å². The van der Waals surface area contributed by atoms with Crippen molar-refractivity contribution in [2.45, 2.75) is 51.7 Å². The maximum atomic E-state index is 13.1. The molecule has 0 aliphatic carbocycles. The summed E-state index contributed by atoms with van der Waals surface area (Å²) in [5.74, 6) is -1.43. The fourth-order valence-corrected chi connectivity index (χ4v) is 3.65. The highest BCUT2D eigenvalue weighted by Crippen LogP contribution is 2.27. The molecule has 1 N–H and O–H groups in total. The van der Waals surface area contributed by atoms with Crippen LogP contribution in [0.1, 0.15) is 59.6 Å². The largest absolute Gasteiger partial charge is 0.445 e. The topological polar surface area (TPSA) is 118 Å². The zero-order chi connectivity index (χ0) is 24.9. The molecule has 1 amide bonds.